The second-order valence-electron chi connectivity index (χ2n) is 4.33. The molecule has 1 N–H and O–H groups in total. The van der Waals surface area contributed by atoms with Crippen LogP contribution in [-0.2, 0) is 4.79 Å². The van der Waals surface area contributed by atoms with Crippen LogP contribution in [0, 0.1) is 18.6 Å². The Bertz CT molecular complexity index is 648. The van der Waals surface area contributed by atoms with Crippen LogP contribution in [0.5, 0.6) is 0 Å². The van der Waals surface area contributed by atoms with E-state index in [1.54, 1.807) is 6.92 Å². The molecule has 1 aromatic heterocycles. The molecule has 112 valence electrons. The fourth-order valence-corrected chi connectivity index (χ4v) is 3.30. The highest BCUT2D eigenvalue weighted by molar-refractivity contribution is 8.01. The molecule has 2 aromatic rings. The molecular formula is C13H13F2N3OS2. The van der Waals surface area contributed by atoms with Crippen molar-refractivity contribution in [1.82, 2.24) is 15.5 Å². The molecule has 0 aliphatic carbocycles. The Morgan fingerprint density at radius 2 is 2.19 bits per heavy atom. The second kappa shape index (κ2) is 6.95. The minimum absolute atomic E-state index is 0.168. The summed E-state index contributed by atoms with van der Waals surface area (Å²) in [6.07, 6.45) is 0. The maximum absolute atomic E-state index is 13.6. The van der Waals surface area contributed by atoms with E-state index in [1.807, 2.05) is 6.92 Å². The number of carbonyl (C=O) groups is 1. The number of halogens is 2. The van der Waals surface area contributed by atoms with Gasteiger partial charge in [-0.15, -0.1) is 10.2 Å². The predicted octanol–water partition coefficient (Wildman–Crippen LogP) is 3.09. The van der Waals surface area contributed by atoms with Crippen molar-refractivity contribution in [3.05, 3.63) is 40.4 Å². The summed E-state index contributed by atoms with van der Waals surface area (Å²) in [6.45, 7) is 3.48. The molecule has 2 rings (SSSR count). The Hall–Kier alpha value is -1.54. The zero-order chi connectivity index (χ0) is 15.4. The van der Waals surface area contributed by atoms with E-state index in [1.165, 1.54) is 35.2 Å². The van der Waals surface area contributed by atoms with Crippen molar-refractivity contribution >= 4 is 29.0 Å². The summed E-state index contributed by atoms with van der Waals surface area (Å²) in [5.41, 5.74) is 0.251. The van der Waals surface area contributed by atoms with Crippen molar-refractivity contribution in [3.63, 3.8) is 0 Å². The lowest BCUT2D eigenvalue weighted by atomic mass is 10.1. The highest BCUT2D eigenvalue weighted by atomic mass is 32.2. The lowest BCUT2D eigenvalue weighted by Gasteiger charge is -2.14. The number of benzene rings is 1. The zero-order valence-electron chi connectivity index (χ0n) is 11.4. The Labute approximate surface area is 129 Å². The lowest BCUT2D eigenvalue weighted by molar-refractivity contribution is -0.119. The number of nitrogens with zero attached hydrogens (tertiary/aromatic N) is 2. The van der Waals surface area contributed by atoms with Gasteiger partial charge in [0.25, 0.3) is 0 Å². The number of rotatable bonds is 5. The molecule has 4 nitrogen and oxygen atoms in total. The number of aryl methyl sites for hydroxylation is 1. The monoisotopic (exact) mass is 329 g/mol. The zero-order valence-corrected chi connectivity index (χ0v) is 13.0. The van der Waals surface area contributed by atoms with E-state index in [4.69, 9.17) is 0 Å². The van der Waals surface area contributed by atoms with Gasteiger partial charge in [-0.2, -0.15) is 0 Å². The topological polar surface area (TPSA) is 54.9 Å². The van der Waals surface area contributed by atoms with Crippen molar-refractivity contribution in [3.8, 4) is 0 Å². The molecule has 1 aromatic carbocycles. The molecule has 21 heavy (non-hydrogen) atoms. The summed E-state index contributed by atoms with van der Waals surface area (Å²) in [7, 11) is 0. The number of nitrogens with one attached hydrogen (secondary N) is 1. The molecule has 0 radical (unpaired) electrons. The van der Waals surface area contributed by atoms with Gasteiger partial charge in [-0.25, -0.2) is 8.78 Å². The maximum Gasteiger partial charge on any atom is 0.230 e. The minimum Gasteiger partial charge on any atom is -0.349 e. The number of aromatic nitrogens is 2. The SMILES string of the molecule is Cc1nnc(SCC(=O)NC(C)c2ccc(F)cc2F)s1. The maximum atomic E-state index is 13.6. The van der Waals surface area contributed by atoms with Crippen molar-refractivity contribution in [2.75, 3.05) is 5.75 Å². The number of hydrogen-bond donors (Lipinski definition) is 1. The molecule has 0 saturated heterocycles. The van der Waals surface area contributed by atoms with E-state index < -0.39 is 17.7 Å². The van der Waals surface area contributed by atoms with E-state index in [0.29, 0.717) is 4.34 Å². The summed E-state index contributed by atoms with van der Waals surface area (Å²) >= 11 is 2.68. The van der Waals surface area contributed by atoms with Gasteiger partial charge < -0.3 is 5.32 Å². The fourth-order valence-electron chi connectivity index (χ4n) is 1.68. The minimum atomic E-state index is -0.671. The van der Waals surface area contributed by atoms with E-state index >= 15 is 0 Å². The van der Waals surface area contributed by atoms with Gasteiger partial charge in [0.15, 0.2) is 4.34 Å². The van der Waals surface area contributed by atoms with E-state index in [-0.39, 0.29) is 17.2 Å². The summed E-state index contributed by atoms with van der Waals surface area (Å²) < 4.78 is 27.1. The van der Waals surface area contributed by atoms with Gasteiger partial charge in [0, 0.05) is 11.6 Å². The Morgan fingerprint density at radius 3 is 2.81 bits per heavy atom. The molecule has 0 spiro atoms. The van der Waals surface area contributed by atoms with Crippen LogP contribution in [0.3, 0.4) is 0 Å². The smallest absolute Gasteiger partial charge is 0.230 e. The van der Waals surface area contributed by atoms with E-state index in [0.717, 1.165) is 11.1 Å². The molecule has 1 unspecified atom stereocenters. The first-order valence-electron chi connectivity index (χ1n) is 6.13. The molecule has 1 amide bonds. The van der Waals surface area contributed by atoms with Crippen LogP contribution < -0.4 is 5.32 Å². The second-order valence-corrected chi connectivity index (χ2v) is 6.73. The van der Waals surface area contributed by atoms with Crippen LogP contribution in [0.1, 0.15) is 23.5 Å². The Morgan fingerprint density at radius 1 is 1.43 bits per heavy atom. The molecule has 8 heteroatoms. The van der Waals surface area contributed by atoms with Crippen LogP contribution in [0.2, 0.25) is 0 Å². The Balaban J connectivity index is 1.89. The number of carbonyl (C=O) groups excluding carboxylic acids is 1. The van der Waals surface area contributed by atoms with Crippen LogP contribution in [0.4, 0.5) is 8.78 Å². The van der Waals surface area contributed by atoms with E-state index in [2.05, 4.69) is 15.5 Å². The first kappa shape index (κ1) is 15.8. The third-order valence-electron chi connectivity index (χ3n) is 2.64. The standard InChI is InChI=1S/C13H13F2N3OS2/c1-7(10-4-3-9(14)5-11(10)15)16-12(19)6-20-13-18-17-8(2)21-13/h3-5,7H,6H2,1-2H3,(H,16,19). The van der Waals surface area contributed by atoms with Gasteiger partial charge in [-0.1, -0.05) is 29.2 Å². The quantitative estimate of drug-likeness (QED) is 0.857. The highest BCUT2D eigenvalue weighted by Gasteiger charge is 2.15. The lowest BCUT2D eigenvalue weighted by Crippen LogP contribution is -2.28. The van der Waals surface area contributed by atoms with Crippen LogP contribution in [-0.4, -0.2) is 21.9 Å². The molecule has 0 saturated carbocycles. The van der Waals surface area contributed by atoms with Crippen molar-refractivity contribution in [2.24, 2.45) is 0 Å². The predicted molar refractivity (Wildman–Crippen MR) is 78.3 cm³/mol. The normalized spacial score (nSPS) is 12.2. The van der Waals surface area contributed by atoms with Gasteiger partial charge in [-0.3, -0.25) is 4.79 Å². The molecule has 1 heterocycles. The summed E-state index contributed by atoms with van der Waals surface area (Å²) in [4.78, 5) is 11.8. The van der Waals surface area contributed by atoms with Crippen molar-refractivity contribution < 1.29 is 13.6 Å². The van der Waals surface area contributed by atoms with E-state index in [9.17, 15) is 13.6 Å². The molecule has 0 fully saturated rings. The van der Waals surface area contributed by atoms with Crippen molar-refractivity contribution in [1.29, 1.82) is 0 Å². The average Bonchev–Trinajstić information content (AvgIpc) is 2.82. The van der Waals surface area contributed by atoms with Crippen molar-refractivity contribution in [2.45, 2.75) is 24.2 Å². The number of amides is 1. The van der Waals surface area contributed by atoms with Gasteiger partial charge >= 0.3 is 0 Å². The molecule has 1 atom stereocenters. The van der Waals surface area contributed by atoms with Gasteiger partial charge in [-0.05, 0) is 19.9 Å². The third kappa shape index (κ3) is 4.47. The molecule has 0 bridgehead atoms. The summed E-state index contributed by atoms with van der Waals surface area (Å²) in [5.74, 6) is -1.39. The highest BCUT2D eigenvalue weighted by Crippen LogP contribution is 2.22. The average molecular weight is 329 g/mol. The van der Waals surface area contributed by atoms with Crippen LogP contribution in [0.15, 0.2) is 22.5 Å². The van der Waals surface area contributed by atoms with Gasteiger partial charge in [0.2, 0.25) is 5.91 Å². The first-order valence-corrected chi connectivity index (χ1v) is 7.93. The number of thioether (sulfide) groups is 1. The largest absolute Gasteiger partial charge is 0.349 e. The summed E-state index contributed by atoms with van der Waals surface area (Å²) in [5, 5.41) is 11.3. The van der Waals surface area contributed by atoms with Crippen LogP contribution >= 0.6 is 23.1 Å². The van der Waals surface area contributed by atoms with Crippen LogP contribution in [0.25, 0.3) is 0 Å². The molecule has 0 aliphatic heterocycles. The third-order valence-corrected chi connectivity index (χ3v) is 4.61. The molecule has 0 aliphatic rings. The molecular weight excluding hydrogens is 316 g/mol. The fraction of sp³-hybridized carbons (Fsp3) is 0.308. The number of hydrogen-bond acceptors (Lipinski definition) is 5. The van der Waals surface area contributed by atoms with Gasteiger partial charge in [0.1, 0.15) is 16.6 Å². The van der Waals surface area contributed by atoms with Gasteiger partial charge in [0.05, 0.1) is 11.8 Å². The first-order chi connectivity index (χ1) is 9.95. The summed E-state index contributed by atoms with van der Waals surface area (Å²) in [6, 6.07) is 2.77. The Kier molecular flexibility index (Phi) is 5.24.